The quantitative estimate of drug-likeness (QED) is 0.846. The smallest absolute Gasteiger partial charge is 0.387 e. The summed E-state index contributed by atoms with van der Waals surface area (Å²) in [5, 5.41) is 3.06. The van der Waals surface area contributed by atoms with Crippen molar-refractivity contribution in [1.82, 2.24) is 0 Å². The molecule has 1 unspecified atom stereocenters. The van der Waals surface area contributed by atoms with Crippen molar-refractivity contribution in [2.45, 2.75) is 26.5 Å². The highest BCUT2D eigenvalue weighted by molar-refractivity contribution is 5.49. The maximum Gasteiger partial charge on any atom is 0.387 e. The second kappa shape index (κ2) is 6.52. The monoisotopic (exact) mass is 295 g/mol. The minimum atomic E-state index is -2.84. The van der Waals surface area contributed by atoms with Gasteiger partial charge in [-0.1, -0.05) is 18.2 Å². The fraction of sp³-hybridized carbons (Fsp3) is 0.250. The Morgan fingerprint density at radius 2 is 1.71 bits per heavy atom. The molecule has 112 valence electrons. The molecule has 2 nitrogen and oxygen atoms in total. The minimum absolute atomic E-state index is 0.0997. The van der Waals surface area contributed by atoms with Crippen LogP contribution >= 0.6 is 0 Å². The van der Waals surface area contributed by atoms with Gasteiger partial charge in [0.25, 0.3) is 0 Å². The molecule has 2 rings (SSSR count). The highest BCUT2D eigenvalue weighted by atomic mass is 19.3. The molecule has 0 radical (unpaired) electrons. The Hall–Kier alpha value is -2.17. The van der Waals surface area contributed by atoms with Gasteiger partial charge in [0.05, 0.1) is 5.69 Å². The zero-order valence-electron chi connectivity index (χ0n) is 11.7. The Balaban J connectivity index is 2.09. The molecular formula is C16H16F3NO. The van der Waals surface area contributed by atoms with E-state index >= 15 is 0 Å². The molecule has 0 heterocycles. The average Bonchev–Trinajstić information content (AvgIpc) is 2.43. The Bertz CT molecular complexity index is 599. The summed E-state index contributed by atoms with van der Waals surface area (Å²) in [5.74, 6) is -0.229. The van der Waals surface area contributed by atoms with Crippen LogP contribution in [0.4, 0.5) is 18.9 Å². The molecule has 2 aromatic carbocycles. The first kappa shape index (κ1) is 15.2. The van der Waals surface area contributed by atoms with Crippen LogP contribution in [0.25, 0.3) is 0 Å². The summed E-state index contributed by atoms with van der Waals surface area (Å²) in [7, 11) is 0. The van der Waals surface area contributed by atoms with Crippen LogP contribution in [-0.2, 0) is 0 Å². The first-order valence-corrected chi connectivity index (χ1v) is 6.53. The number of alkyl halides is 2. The van der Waals surface area contributed by atoms with Crippen LogP contribution < -0.4 is 10.1 Å². The van der Waals surface area contributed by atoms with E-state index in [0.29, 0.717) is 5.69 Å². The molecule has 21 heavy (non-hydrogen) atoms. The minimum Gasteiger partial charge on any atom is -0.435 e. The molecular weight excluding hydrogens is 279 g/mol. The lowest BCUT2D eigenvalue weighted by Gasteiger charge is -2.17. The zero-order valence-corrected chi connectivity index (χ0v) is 11.7. The van der Waals surface area contributed by atoms with Crippen molar-refractivity contribution in [2.75, 3.05) is 5.32 Å². The molecule has 0 aliphatic heterocycles. The van der Waals surface area contributed by atoms with Crippen LogP contribution in [-0.4, -0.2) is 6.61 Å². The largest absolute Gasteiger partial charge is 0.435 e. The third kappa shape index (κ3) is 4.15. The fourth-order valence-corrected chi connectivity index (χ4v) is 2.00. The van der Waals surface area contributed by atoms with Crippen LogP contribution in [0.3, 0.4) is 0 Å². The number of nitrogens with one attached hydrogen (secondary N) is 1. The summed E-state index contributed by atoms with van der Waals surface area (Å²) >= 11 is 0. The Kier molecular flexibility index (Phi) is 4.73. The molecule has 0 saturated heterocycles. The lowest BCUT2D eigenvalue weighted by atomic mass is 10.1. The van der Waals surface area contributed by atoms with Crippen molar-refractivity contribution < 1.29 is 17.9 Å². The van der Waals surface area contributed by atoms with Gasteiger partial charge in [0, 0.05) is 6.04 Å². The van der Waals surface area contributed by atoms with Crippen molar-refractivity contribution in [1.29, 1.82) is 0 Å². The Morgan fingerprint density at radius 1 is 1.05 bits per heavy atom. The van der Waals surface area contributed by atoms with Crippen molar-refractivity contribution >= 4 is 5.69 Å². The molecule has 0 saturated carbocycles. The van der Waals surface area contributed by atoms with Gasteiger partial charge in [0.2, 0.25) is 0 Å². The Morgan fingerprint density at radius 3 is 2.33 bits per heavy atom. The highest BCUT2D eigenvalue weighted by Crippen LogP contribution is 2.24. The summed E-state index contributed by atoms with van der Waals surface area (Å²) in [4.78, 5) is 0. The number of hydrogen-bond acceptors (Lipinski definition) is 2. The van der Waals surface area contributed by atoms with Crippen LogP contribution in [0.1, 0.15) is 24.1 Å². The summed E-state index contributed by atoms with van der Waals surface area (Å²) in [6.45, 7) is 0.907. The van der Waals surface area contributed by atoms with Crippen molar-refractivity contribution in [3.05, 3.63) is 59.4 Å². The summed E-state index contributed by atoms with van der Waals surface area (Å²) < 4.78 is 42.1. The number of anilines is 1. The summed E-state index contributed by atoms with van der Waals surface area (Å²) in [6.07, 6.45) is 0. The highest BCUT2D eigenvalue weighted by Gasteiger charge is 2.10. The second-order valence-electron chi connectivity index (χ2n) is 4.80. The normalized spacial score (nSPS) is 12.3. The number of benzene rings is 2. The van der Waals surface area contributed by atoms with Gasteiger partial charge < -0.3 is 10.1 Å². The van der Waals surface area contributed by atoms with Crippen molar-refractivity contribution in [3.63, 3.8) is 0 Å². The third-order valence-corrected chi connectivity index (χ3v) is 3.10. The predicted molar refractivity (Wildman–Crippen MR) is 76.2 cm³/mol. The molecule has 0 aromatic heterocycles. The van der Waals surface area contributed by atoms with Crippen molar-refractivity contribution in [3.8, 4) is 5.75 Å². The van der Waals surface area contributed by atoms with E-state index in [1.54, 1.807) is 24.3 Å². The van der Waals surface area contributed by atoms with Crippen LogP contribution in [0.15, 0.2) is 42.5 Å². The van der Waals surface area contributed by atoms with Gasteiger partial charge in [-0.2, -0.15) is 8.78 Å². The number of ether oxygens (including phenoxy) is 1. The molecule has 0 aliphatic carbocycles. The maximum atomic E-state index is 13.7. The van der Waals surface area contributed by atoms with E-state index in [-0.39, 0.29) is 17.6 Å². The molecule has 1 N–H and O–H groups in total. The van der Waals surface area contributed by atoms with Crippen LogP contribution in [0.5, 0.6) is 5.75 Å². The van der Waals surface area contributed by atoms with E-state index in [1.165, 1.54) is 18.2 Å². The van der Waals surface area contributed by atoms with E-state index in [1.807, 2.05) is 13.8 Å². The SMILES string of the molecule is Cc1ccc(F)c(NC(C)c2ccc(OC(F)F)cc2)c1. The molecule has 5 heteroatoms. The van der Waals surface area contributed by atoms with E-state index < -0.39 is 6.61 Å². The first-order chi connectivity index (χ1) is 9.95. The van der Waals surface area contributed by atoms with Gasteiger partial charge in [-0.05, 0) is 49.2 Å². The van der Waals surface area contributed by atoms with Crippen LogP contribution in [0, 0.1) is 12.7 Å². The van der Waals surface area contributed by atoms with Gasteiger partial charge in [-0.3, -0.25) is 0 Å². The molecule has 0 aliphatic rings. The maximum absolute atomic E-state index is 13.7. The predicted octanol–water partition coefficient (Wildman–Crippen LogP) is 4.91. The van der Waals surface area contributed by atoms with Gasteiger partial charge in [-0.15, -0.1) is 0 Å². The molecule has 0 bridgehead atoms. The summed E-state index contributed by atoms with van der Waals surface area (Å²) in [6, 6.07) is 10.9. The average molecular weight is 295 g/mol. The molecule has 0 spiro atoms. The number of halogens is 3. The van der Waals surface area contributed by atoms with E-state index in [0.717, 1.165) is 11.1 Å². The standard InChI is InChI=1S/C16H16F3NO/c1-10-3-8-14(17)15(9-10)20-11(2)12-4-6-13(7-5-12)21-16(18)19/h3-9,11,16,20H,1-2H3. The van der Waals surface area contributed by atoms with Crippen LogP contribution in [0.2, 0.25) is 0 Å². The van der Waals surface area contributed by atoms with Gasteiger partial charge >= 0.3 is 6.61 Å². The summed E-state index contributed by atoms with van der Waals surface area (Å²) in [5.41, 5.74) is 2.21. The number of aryl methyl sites for hydroxylation is 1. The Labute approximate surface area is 121 Å². The van der Waals surface area contributed by atoms with Gasteiger partial charge in [-0.25, -0.2) is 4.39 Å². The number of rotatable bonds is 5. The topological polar surface area (TPSA) is 21.3 Å². The molecule has 0 amide bonds. The lowest BCUT2D eigenvalue weighted by Crippen LogP contribution is -2.08. The second-order valence-corrected chi connectivity index (χ2v) is 4.80. The number of hydrogen-bond donors (Lipinski definition) is 1. The van der Waals surface area contributed by atoms with E-state index in [2.05, 4.69) is 10.1 Å². The molecule has 2 aromatic rings. The zero-order chi connectivity index (χ0) is 15.4. The van der Waals surface area contributed by atoms with Gasteiger partial charge in [0.1, 0.15) is 11.6 Å². The molecule has 0 fully saturated rings. The van der Waals surface area contributed by atoms with E-state index in [4.69, 9.17) is 0 Å². The van der Waals surface area contributed by atoms with Gasteiger partial charge in [0.15, 0.2) is 0 Å². The van der Waals surface area contributed by atoms with Crippen molar-refractivity contribution in [2.24, 2.45) is 0 Å². The lowest BCUT2D eigenvalue weighted by molar-refractivity contribution is -0.0498. The molecule has 1 atom stereocenters. The third-order valence-electron chi connectivity index (χ3n) is 3.10. The first-order valence-electron chi connectivity index (χ1n) is 6.53. The fourth-order valence-electron chi connectivity index (χ4n) is 2.00. The van der Waals surface area contributed by atoms with E-state index in [9.17, 15) is 13.2 Å².